The second-order valence-corrected chi connectivity index (χ2v) is 4.26. The summed E-state index contributed by atoms with van der Waals surface area (Å²) in [6.07, 6.45) is 2.44. The van der Waals surface area contributed by atoms with E-state index in [2.05, 4.69) is 25.8 Å². The van der Waals surface area contributed by atoms with E-state index >= 15 is 0 Å². The lowest BCUT2D eigenvalue weighted by Crippen LogP contribution is -2.09. The van der Waals surface area contributed by atoms with Crippen molar-refractivity contribution in [1.82, 2.24) is 15.2 Å². The molecule has 0 aliphatic rings. The second kappa shape index (κ2) is 8.01. The molecule has 0 unspecified atom stereocenters. The number of para-hydroxylation sites is 2. The summed E-state index contributed by atoms with van der Waals surface area (Å²) in [6, 6.07) is 7.61. The third-order valence-electron chi connectivity index (χ3n) is 2.74. The molecule has 0 spiro atoms. The van der Waals surface area contributed by atoms with E-state index in [0.717, 1.165) is 24.4 Å². The Morgan fingerprint density at radius 2 is 2.05 bits per heavy atom. The van der Waals surface area contributed by atoms with Crippen LogP contribution in [0.3, 0.4) is 0 Å². The lowest BCUT2D eigenvalue weighted by atomic mass is 10.3. The van der Waals surface area contributed by atoms with E-state index < -0.39 is 0 Å². The lowest BCUT2D eigenvalue weighted by Gasteiger charge is -2.10. The monoisotopic (exact) mass is 289 g/mol. The summed E-state index contributed by atoms with van der Waals surface area (Å²) in [5.74, 6) is 1.82. The number of hydrogen-bond donors (Lipinski definition) is 2. The number of rotatable bonds is 8. The summed E-state index contributed by atoms with van der Waals surface area (Å²) in [5.41, 5.74) is 0.825. The smallest absolute Gasteiger partial charge is 0.244 e. The maximum atomic E-state index is 5.28. The molecule has 0 amide bonds. The first-order valence-electron chi connectivity index (χ1n) is 6.66. The summed E-state index contributed by atoms with van der Waals surface area (Å²) in [7, 11) is 3.30. The van der Waals surface area contributed by atoms with Gasteiger partial charge in [0, 0.05) is 20.3 Å². The maximum Gasteiger partial charge on any atom is 0.244 e. The van der Waals surface area contributed by atoms with Crippen molar-refractivity contribution in [1.29, 1.82) is 0 Å². The first-order chi connectivity index (χ1) is 10.3. The number of anilines is 3. The fourth-order valence-corrected chi connectivity index (χ4v) is 1.74. The normalized spacial score (nSPS) is 10.2. The predicted octanol–water partition coefficient (Wildman–Crippen LogP) is 2.07. The van der Waals surface area contributed by atoms with Crippen LogP contribution in [0.4, 0.5) is 17.5 Å². The number of nitrogens with one attached hydrogen (secondary N) is 2. The van der Waals surface area contributed by atoms with Gasteiger partial charge in [-0.15, -0.1) is 5.10 Å². The highest BCUT2D eigenvalue weighted by atomic mass is 16.5. The zero-order chi connectivity index (χ0) is 14.9. The van der Waals surface area contributed by atoms with Crippen molar-refractivity contribution in [2.24, 2.45) is 0 Å². The highest BCUT2D eigenvalue weighted by Gasteiger charge is 2.04. The van der Waals surface area contributed by atoms with Crippen molar-refractivity contribution in [3.8, 4) is 5.75 Å². The molecule has 1 heterocycles. The third-order valence-corrected chi connectivity index (χ3v) is 2.74. The van der Waals surface area contributed by atoms with Crippen LogP contribution < -0.4 is 15.4 Å². The molecular weight excluding hydrogens is 270 g/mol. The Kier molecular flexibility index (Phi) is 5.71. The lowest BCUT2D eigenvalue weighted by molar-refractivity contribution is 0.197. The first-order valence-corrected chi connectivity index (χ1v) is 6.66. The third kappa shape index (κ3) is 4.57. The van der Waals surface area contributed by atoms with E-state index in [4.69, 9.17) is 9.47 Å². The molecule has 0 fully saturated rings. The average Bonchev–Trinajstić information content (AvgIpc) is 2.52. The molecule has 0 saturated carbocycles. The van der Waals surface area contributed by atoms with Crippen LogP contribution in [0.2, 0.25) is 0 Å². The molecule has 2 rings (SSSR count). The molecule has 0 aliphatic carbocycles. The highest BCUT2D eigenvalue weighted by molar-refractivity contribution is 5.63. The van der Waals surface area contributed by atoms with Gasteiger partial charge in [-0.2, -0.15) is 10.1 Å². The molecule has 2 N–H and O–H groups in total. The summed E-state index contributed by atoms with van der Waals surface area (Å²) in [6.45, 7) is 1.42. The van der Waals surface area contributed by atoms with Gasteiger partial charge in [0.05, 0.1) is 19.0 Å². The zero-order valence-electron chi connectivity index (χ0n) is 12.2. The predicted molar refractivity (Wildman–Crippen MR) is 81.1 cm³/mol. The van der Waals surface area contributed by atoms with Gasteiger partial charge < -0.3 is 20.1 Å². The molecule has 1 aromatic carbocycles. The number of ether oxygens (including phenoxy) is 2. The standard InChI is InChI=1S/C14H19N5O2/c1-20-9-5-8-15-14-18-13(10-16-19-14)17-11-6-3-4-7-12(11)21-2/h3-4,6-7,10H,5,8-9H2,1-2H3,(H2,15,17,18,19). The Labute approximate surface area is 123 Å². The molecule has 7 heteroatoms. The molecule has 0 bridgehead atoms. The van der Waals surface area contributed by atoms with Gasteiger partial charge >= 0.3 is 0 Å². The van der Waals surface area contributed by atoms with E-state index in [9.17, 15) is 0 Å². The summed E-state index contributed by atoms with van der Waals surface area (Å²) < 4.78 is 10.3. The maximum absolute atomic E-state index is 5.28. The summed E-state index contributed by atoms with van der Waals surface area (Å²) >= 11 is 0. The minimum absolute atomic E-state index is 0.478. The Bertz CT molecular complexity index is 565. The van der Waals surface area contributed by atoms with E-state index in [-0.39, 0.29) is 0 Å². The molecule has 0 saturated heterocycles. The van der Waals surface area contributed by atoms with Crippen molar-refractivity contribution in [2.75, 3.05) is 38.0 Å². The van der Waals surface area contributed by atoms with E-state index in [1.54, 1.807) is 20.4 Å². The molecule has 0 atom stereocenters. The van der Waals surface area contributed by atoms with Crippen molar-refractivity contribution in [3.05, 3.63) is 30.5 Å². The minimum Gasteiger partial charge on any atom is -0.495 e. The Morgan fingerprint density at radius 1 is 1.19 bits per heavy atom. The van der Waals surface area contributed by atoms with Crippen LogP contribution >= 0.6 is 0 Å². The Balaban J connectivity index is 2.00. The van der Waals surface area contributed by atoms with Gasteiger partial charge in [-0.1, -0.05) is 12.1 Å². The fourth-order valence-electron chi connectivity index (χ4n) is 1.74. The Morgan fingerprint density at radius 3 is 2.86 bits per heavy atom. The molecule has 7 nitrogen and oxygen atoms in total. The number of methoxy groups -OCH3 is 2. The number of aromatic nitrogens is 3. The molecule has 0 radical (unpaired) electrons. The van der Waals surface area contributed by atoms with Gasteiger partial charge in [0.25, 0.3) is 0 Å². The van der Waals surface area contributed by atoms with Gasteiger partial charge in [-0.3, -0.25) is 0 Å². The second-order valence-electron chi connectivity index (χ2n) is 4.26. The van der Waals surface area contributed by atoms with E-state index in [1.807, 2.05) is 24.3 Å². The van der Waals surface area contributed by atoms with Crippen LogP contribution in [-0.2, 0) is 4.74 Å². The fraction of sp³-hybridized carbons (Fsp3) is 0.357. The quantitative estimate of drug-likeness (QED) is 0.720. The average molecular weight is 289 g/mol. The van der Waals surface area contributed by atoms with E-state index in [0.29, 0.717) is 18.4 Å². The van der Waals surface area contributed by atoms with Gasteiger partial charge in [0.15, 0.2) is 5.82 Å². The topological polar surface area (TPSA) is 81.2 Å². The SMILES string of the molecule is COCCCNc1nncc(Nc2ccccc2OC)n1. The largest absolute Gasteiger partial charge is 0.495 e. The van der Waals surface area contributed by atoms with Crippen molar-refractivity contribution < 1.29 is 9.47 Å². The first kappa shape index (κ1) is 15.0. The van der Waals surface area contributed by atoms with Crippen LogP contribution in [0.15, 0.2) is 30.5 Å². The molecule has 21 heavy (non-hydrogen) atoms. The molecule has 0 aliphatic heterocycles. The van der Waals surface area contributed by atoms with Gasteiger partial charge in [0.1, 0.15) is 5.75 Å². The molecule has 2 aromatic rings. The summed E-state index contributed by atoms with van der Waals surface area (Å²) in [5, 5.41) is 14.1. The number of benzene rings is 1. The molecule has 1 aromatic heterocycles. The minimum atomic E-state index is 0.478. The van der Waals surface area contributed by atoms with Crippen molar-refractivity contribution >= 4 is 17.5 Å². The van der Waals surface area contributed by atoms with Gasteiger partial charge in [-0.25, -0.2) is 0 Å². The molecular formula is C14H19N5O2. The van der Waals surface area contributed by atoms with Crippen molar-refractivity contribution in [2.45, 2.75) is 6.42 Å². The Hall–Kier alpha value is -2.41. The molecule has 112 valence electrons. The summed E-state index contributed by atoms with van der Waals surface area (Å²) in [4.78, 5) is 4.35. The highest BCUT2D eigenvalue weighted by Crippen LogP contribution is 2.25. The number of hydrogen-bond acceptors (Lipinski definition) is 7. The van der Waals surface area contributed by atoms with Crippen molar-refractivity contribution in [3.63, 3.8) is 0 Å². The van der Waals surface area contributed by atoms with Crippen LogP contribution in [0.5, 0.6) is 5.75 Å². The van der Waals surface area contributed by atoms with Gasteiger partial charge in [0.2, 0.25) is 5.95 Å². The van der Waals surface area contributed by atoms with E-state index in [1.165, 1.54) is 0 Å². The zero-order valence-corrected chi connectivity index (χ0v) is 12.2. The van der Waals surface area contributed by atoms with Crippen LogP contribution in [0, 0.1) is 0 Å². The van der Waals surface area contributed by atoms with Crippen LogP contribution in [0.1, 0.15) is 6.42 Å². The van der Waals surface area contributed by atoms with Crippen LogP contribution in [0.25, 0.3) is 0 Å². The van der Waals surface area contributed by atoms with Crippen LogP contribution in [-0.4, -0.2) is 42.6 Å². The number of nitrogens with zero attached hydrogens (tertiary/aromatic N) is 3. The van der Waals surface area contributed by atoms with Gasteiger partial charge in [-0.05, 0) is 18.6 Å².